The molecule has 0 spiro atoms. The van der Waals surface area contributed by atoms with Crippen molar-refractivity contribution in [2.24, 2.45) is 0 Å². The molecule has 0 aliphatic carbocycles. The van der Waals surface area contributed by atoms with Gasteiger partial charge in [-0.15, -0.1) is 0 Å². The molecular formula is C19H17ClF3N3O5S. The van der Waals surface area contributed by atoms with Crippen molar-refractivity contribution in [2.45, 2.75) is 16.8 Å². The smallest absolute Gasteiger partial charge is 0.362 e. The minimum atomic E-state index is -5.72. The topological polar surface area (TPSA) is 101 Å². The first-order valence-corrected chi connectivity index (χ1v) is 11.1. The van der Waals surface area contributed by atoms with E-state index in [-0.39, 0.29) is 44.2 Å². The molecule has 172 valence electrons. The molecule has 1 fully saturated rings. The van der Waals surface area contributed by atoms with E-state index in [1.165, 1.54) is 4.90 Å². The standard InChI is InChI=1S/C19H17ClF3N3O5S/c20-15-4-2-1-3-13(15)11-18(27)25-9-7-24(8-10-25)16-6-5-14(12-17(16)26(28)29)32(30,31)19(21,22)23/h1-6,12H,7-11H2. The van der Waals surface area contributed by atoms with Gasteiger partial charge in [0.05, 0.1) is 16.2 Å². The van der Waals surface area contributed by atoms with Gasteiger partial charge < -0.3 is 9.80 Å². The molecule has 13 heteroatoms. The van der Waals surface area contributed by atoms with Gasteiger partial charge in [0, 0.05) is 37.3 Å². The Hall–Kier alpha value is -2.86. The summed E-state index contributed by atoms with van der Waals surface area (Å²) in [6.45, 7) is 0.813. The predicted octanol–water partition coefficient (Wildman–Crippen LogP) is 3.43. The van der Waals surface area contributed by atoms with Crippen molar-refractivity contribution in [2.75, 3.05) is 31.1 Å². The Balaban J connectivity index is 1.75. The third-order valence-corrected chi connectivity index (χ3v) is 6.88. The molecule has 3 rings (SSSR count). The summed E-state index contributed by atoms with van der Waals surface area (Å²) in [7, 11) is -5.72. The first-order valence-electron chi connectivity index (χ1n) is 9.28. The third kappa shape index (κ3) is 4.80. The summed E-state index contributed by atoms with van der Waals surface area (Å²) >= 11 is 6.07. The number of piperazine rings is 1. The number of rotatable bonds is 5. The highest BCUT2D eigenvalue weighted by molar-refractivity contribution is 7.92. The fourth-order valence-corrected chi connectivity index (χ4v) is 4.31. The molecule has 8 nitrogen and oxygen atoms in total. The van der Waals surface area contributed by atoms with Crippen molar-refractivity contribution in [3.05, 3.63) is 63.2 Å². The predicted molar refractivity (Wildman–Crippen MR) is 110 cm³/mol. The van der Waals surface area contributed by atoms with E-state index in [1.54, 1.807) is 29.2 Å². The molecule has 1 saturated heterocycles. The van der Waals surface area contributed by atoms with E-state index in [4.69, 9.17) is 11.6 Å². The van der Waals surface area contributed by atoms with Gasteiger partial charge >= 0.3 is 5.51 Å². The number of anilines is 1. The fraction of sp³-hybridized carbons (Fsp3) is 0.316. The lowest BCUT2D eigenvalue weighted by Crippen LogP contribution is -2.49. The number of nitro groups is 1. The van der Waals surface area contributed by atoms with Gasteiger partial charge in [0.15, 0.2) is 0 Å². The number of halogens is 4. The van der Waals surface area contributed by atoms with Gasteiger partial charge in [0.1, 0.15) is 5.69 Å². The van der Waals surface area contributed by atoms with Crippen LogP contribution in [-0.2, 0) is 21.1 Å². The second-order valence-corrected chi connectivity index (χ2v) is 9.34. The maximum absolute atomic E-state index is 12.8. The Labute approximate surface area is 186 Å². The zero-order valence-electron chi connectivity index (χ0n) is 16.4. The van der Waals surface area contributed by atoms with E-state index in [0.717, 1.165) is 6.07 Å². The summed E-state index contributed by atoms with van der Waals surface area (Å²) in [5.41, 5.74) is -5.69. The number of hydrogen-bond acceptors (Lipinski definition) is 6. The highest BCUT2D eigenvalue weighted by atomic mass is 35.5. The third-order valence-electron chi connectivity index (χ3n) is 5.03. The second-order valence-electron chi connectivity index (χ2n) is 6.99. The van der Waals surface area contributed by atoms with Crippen LogP contribution in [0.15, 0.2) is 47.4 Å². The first kappa shape index (κ1) is 23.8. The maximum atomic E-state index is 12.8. The van der Waals surface area contributed by atoms with Crippen LogP contribution in [0.4, 0.5) is 24.5 Å². The van der Waals surface area contributed by atoms with E-state index in [1.807, 2.05) is 0 Å². The average Bonchev–Trinajstić information content (AvgIpc) is 2.74. The summed E-state index contributed by atoms with van der Waals surface area (Å²) in [4.78, 5) is 24.9. The Bertz CT molecular complexity index is 1150. The van der Waals surface area contributed by atoms with Crippen LogP contribution >= 0.6 is 11.6 Å². The average molecular weight is 492 g/mol. The minimum Gasteiger partial charge on any atom is -0.362 e. The molecule has 0 atom stereocenters. The number of nitro benzene ring substituents is 1. The molecule has 0 aromatic heterocycles. The van der Waals surface area contributed by atoms with Gasteiger partial charge in [-0.1, -0.05) is 29.8 Å². The van der Waals surface area contributed by atoms with Gasteiger partial charge in [-0.3, -0.25) is 14.9 Å². The Kier molecular flexibility index (Phi) is 6.65. The number of nitrogens with zero attached hydrogens (tertiary/aromatic N) is 3. The zero-order valence-corrected chi connectivity index (χ0v) is 18.0. The lowest BCUT2D eigenvalue weighted by Gasteiger charge is -2.36. The summed E-state index contributed by atoms with van der Waals surface area (Å²) in [5.74, 6) is -0.182. The van der Waals surface area contributed by atoms with E-state index in [9.17, 15) is 36.5 Å². The van der Waals surface area contributed by atoms with Gasteiger partial charge in [0.2, 0.25) is 5.91 Å². The van der Waals surface area contributed by atoms with E-state index < -0.39 is 30.9 Å². The largest absolute Gasteiger partial charge is 0.501 e. The molecule has 1 heterocycles. The lowest BCUT2D eigenvalue weighted by atomic mass is 10.1. The second kappa shape index (κ2) is 8.94. The number of carbonyl (C=O) groups is 1. The monoisotopic (exact) mass is 491 g/mol. The van der Waals surface area contributed by atoms with Crippen LogP contribution in [0.2, 0.25) is 5.02 Å². The minimum absolute atomic E-state index is 0.0191. The molecule has 0 unspecified atom stereocenters. The SMILES string of the molecule is O=C(Cc1ccccc1Cl)N1CCN(c2ccc(S(=O)(=O)C(F)(F)F)cc2[N+](=O)[O-])CC1. The number of hydrogen-bond donors (Lipinski definition) is 0. The van der Waals surface area contributed by atoms with Crippen LogP contribution in [0.25, 0.3) is 0 Å². The van der Waals surface area contributed by atoms with Crippen molar-refractivity contribution in [3.8, 4) is 0 Å². The molecule has 32 heavy (non-hydrogen) atoms. The van der Waals surface area contributed by atoms with E-state index in [2.05, 4.69) is 0 Å². The van der Waals surface area contributed by atoms with Gasteiger partial charge in [-0.25, -0.2) is 8.42 Å². The molecule has 0 N–H and O–H groups in total. The summed E-state index contributed by atoms with van der Waals surface area (Å²) in [6.07, 6.45) is 0.0871. The summed E-state index contributed by atoms with van der Waals surface area (Å²) in [6, 6.07) is 8.99. The molecular weight excluding hydrogens is 475 g/mol. The van der Waals surface area contributed by atoms with Crippen molar-refractivity contribution in [1.82, 2.24) is 4.90 Å². The first-order chi connectivity index (χ1) is 14.9. The number of amides is 1. The zero-order chi connectivity index (χ0) is 23.7. The summed E-state index contributed by atoms with van der Waals surface area (Å²) < 4.78 is 61.6. The van der Waals surface area contributed by atoms with E-state index in [0.29, 0.717) is 22.7 Å². The van der Waals surface area contributed by atoms with Crippen molar-refractivity contribution in [1.29, 1.82) is 0 Å². The van der Waals surface area contributed by atoms with Crippen LogP contribution in [0.3, 0.4) is 0 Å². The molecule has 0 radical (unpaired) electrons. The maximum Gasteiger partial charge on any atom is 0.501 e. The molecule has 1 aliphatic rings. The molecule has 1 aliphatic heterocycles. The van der Waals surface area contributed by atoms with Gasteiger partial charge in [-0.2, -0.15) is 13.2 Å². The lowest BCUT2D eigenvalue weighted by molar-refractivity contribution is -0.384. The van der Waals surface area contributed by atoms with Crippen molar-refractivity contribution in [3.63, 3.8) is 0 Å². The van der Waals surface area contributed by atoms with Crippen molar-refractivity contribution < 1.29 is 31.3 Å². The molecule has 0 bridgehead atoms. The van der Waals surface area contributed by atoms with Crippen LogP contribution in [-0.4, -0.2) is 55.8 Å². The highest BCUT2D eigenvalue weighted by Crippen LogP contribution is 2.36. The number of benzene rings is 2. The molecule has 2 aromatic rings. The van der Waals surface area contributed by atoms with Gasteiger partial charge in [-0.05, 0) is 23.8 Å². The number of carbonyl (C=O) groups excluding carboxylic acids is 1. The molecule has 1 amide bonds. The highest BCUT2D eigenvalue weighted by Gasteiger charge is 2.47. The van der Waals surface area contributed by atoms with Crippen molar-refractivity contribution >= 4 is 38.7 Å². The van der Waals surface area contributed by atoms with E-state index >= 15 is 0 Å². The number of alkyl halides is 3. The van der Waals surface area contributed by atoms with Crippen LogP contribution in [0.5, 0.6) is 0 Å². The Morgan fingerprint density at radius 2 is 1.72 bits per heavy atom. The van der Waals surface area contributed by atoms with Crippen LogP contribution < -0.4 is 4.90 Å². The quantitative estimate of drug-likeness (QED) is 0.469. The summed E-state index contributed by atoms with van der Waals surface area (Å²) in [5, 5.41) is 11.9. The number of sulfone groups is 1. The normalized spacial score (nSPS) is 15.0. The van der Waals surface area contributed by atoms with Gasteiger partial charge in [0.25, 0.3) is 15.5 Å². The van der Waals surface area contributed by atoms with Crippen LogP contribution in [0.1, 0.15) is 5.56 Å². The Morgan fingerprint density at radius 3 is 2.28 bits per heavy atom. The Morgan fingerprint density at radius 1 is 1.09 bits per heavy atom. The fourth-order valence-electron chi connectivity index (χ4n) is 3.33. The van der Waals surface area contributed by atoms with Crippen LogP contribution in [0, 0.1) is 10.1 Å². The molecule has 2 aromatic carbocycles. The molecule has 0 saturated carbocycles.